The van der Waals surface area contributed by atoms with E-state index in [2.05, 4.69) is 10.2 Å². The molecule has 1 aliphatic rings. The van der Waals surface area contributed by atoms with Gasteiger partial charge in [0, 0.05) is 30.3 Å². The van der Waals surface area contributed by atoms with Crippen molar-refractivity contribution < 1.29 is 9.53 Å². The zero-order valence-electron chi connectivity index (χ0n) is 12.7. The molecule has 0 N–H and O–H groups in total. The fourth-order valence-electron chi connectivity index (χ4n) is 2.65. The van der Waals surface area contributed by atoms with Crippen LogP contribution >= 0.6 is 0 Å². The summed E-state index contributed by atoms with van der Waals surface area (Å²) in [5, 5.41) is 8.07. The maximum Gasteiger partial charge on any atom is 0.253 e. The molecule has 1 aliphatic heterocycles. The van der Waals surface area contributed by atoms with Crippen LogP contribution < -0.4 is 4.74 Å². The van der Waals surface area contributed by atoms with Gasteiger partial charge < -0.3 is 9.64 Å². The lowest BCUT2D eigenvalue weighted by Gasteiger charge is -2.26. The van der Waals surface area contributed by atoms with Gasteiger partial charge in [-0.1, -0.05) is 12.1 Å². The lowest BCUT2D eigenvalue weighted by molar-refractivity contribution is 0.0724. The van der Waals surface area contributed by atoms with E-state index in [0.717, 1.165) is 42.8 Å². The van der Waals surface area contributed by atoms with Crippen LogP contribution in [-0.4, -0.2) is 41.2 Å². The van der Waals surface area contributed by atoms with Gasteiger partial charge in [-0.05, 0) is 37.5 Å². The summed E-state index contributed by atoms with van der Waals surface area (Å²) in [4.78, 5) is 14.3. The second-order valence-electron chi connectivity index (χ2n) is 5.39. The molecule has 0 bridgehead atoms. The summed E-state index contributed by atoms with van der Waals surface area (Å²) < 4.78 is 5.00. The quantitative estimate of drug-likeness (QED) is 0.874. The molecule has 5 nitrogen and oxygen atoms in total. The minimum absolute atomic E-state index is 0.118. The first-order chi connectivity index (χ1) is 10.8. The number of amides is 1. The summed E-state index contributed by atoms with van der Waals surface area (Å²) >= 11 is 0. The van der Waals surface area contributed by atoms with E-state index in [0.29, 0.717) is 5.88 Å². The van der Waals surface area contributed by atoms with Crippen molar-refractivity contribution in [2.45, 2.75) is 19.3 Å². The minimum Gasteiger partial charge on any atom is -0.480 e. The highest BCUT2D eigenvalue weighted by atomic mass is 16.5. The third-order valence-corrected chi connectivity index (χ3v) is 3.92. The molecule has 0 aliphatic carbocycles. The molecule has 22 heavy (non-hydrogen) atoms. The topological polar surface area (TPSA) is 55.3 Å². The molecular weight excluding hydrogens is 278 g/mol. The summed E-state index contributed by atoms with van der Waals surface area (Å²) in [7, 11) is 1.56. The number of ether oxygens (including phenoxy) is 1. The third kappa shape index (κ3) is 3.08. The van der Waals surface area contributed by atoms with Gasteiger partial charge in [0.15, 0.2) is 0 Å². The molecule has 3 rings (SSSR count). The highest BCUT2D eigenvalue weighted by Gasteiger charge is 2.18. The van der Waals surface area contributed by atoms with Crippen molar-refractivity contribution in [1.29, 1.82) is 0 Å². The summed E-state index contributed by atoms with van der Waals surface area (Å²) in [6, 6.07) is 11.2. The van der Waals surface area contributed by atoms with E-state index < -0.39 is 0 Å². The number of piperidine rings is 1. The van der Waals surface area contributed by atoms with Crippen molar-refractivity contribution in [2.24, 2.45) is 0 Å². The van der Waals surface area contributed by atoms with E-state index in [9.17, 15) is 4.79 Å². The number of hydrogen-bond donors (Lipinski definition) is 0. The van der Waals surface area contributed by atoms with Crippen LogP contribution in [0.3, 0.4) is 0 Å². The Morgan fingerprint density at radius 2 is 1.73 bits per heavy atom. The molecule has 0 spiro atoms. The molecule has 1 fully saturated rings. The minimum atomic E-state index is 0.118. The van der Waals surface area contributed by atoms with Crippen LogP contribution in [0, 0.1) is 0 Å². The molecule has 5 heteroatoms. The molecule has 0 atom stereocenters. The molecule has 0 saturated carbocycles. The first-order valence-corrected chi connectivity index (χ1v) is 7.55. The lowest BCUT2D eigenvalue weighted by Crippen LogP contribution is -2.35. The second kappa shape index (κ2) is 6.56. The van der Waals surface area contributed by atoms with E-state index in [4.69, 9.17) is 4.74 Å². The monoisotopic (exact) mass is 297 g/mol. The van der Waals surface area contributed by atoms with Crippen LogP contribution in [0.25, 0.3) is 11.3 Å². The first kappa shape index (κ1) is 14.5. The van der Waals surface area contributed by atoms with Gasteiger partial charge in [0.1, 0.15) is 0 Å². The van der Waals surface area contributed by atoms with Crippen molar-refractivity contribution in [3.63, 3.8) is 0 Å². The van der Waals surface area contributed by atoms with Crippen molar-refractivity contribution in [3.05, 3.63) is 42.0 Å². The number of benzene rings is 1. The fourth-order valence-corrected chi connectivity index (χ4v) is 2.65. The molecule has 0 unspecified atom stereocenters. The zero-order valence-corrected chi connectivity index (χ0v) is 12.7. The smallest absolute Gasteiger partial charge is 0.253 e. The standard InChI is InChI=1S/C17H19N3O2/c1-22-16-10-9-15(18-19-16)13-5-7-14(8-6-13)17(21)20-11-3-2-4-12-20/h5-10H,2-4,11-12H2,1H3. The number of nitrogens with zero attached hydrogens (tertiary/aromatic N) is 3. The van der Waals surface area contributed by atoms with Crippen LogP contribution in [0.4, 0.5) is 0 Å². The summed E-state index contributed by atoms with van der Waals surface area (Å²) in [5.41, 5.74) is 2.43. The first-order valence-electron chi connectivity index (χ1n) is 7.55. The lowest BCUT2D eigenvalue weighted by atomic mass is 10.1. The molecular formula is C17H19N3O2. The van der Waals surface area contributed by atoms with Crippen LogP contribution in [0.1, 0.15) is 29.6 Å². The maximum absolute atomic E-state index is 12.4. The Morgan fingerprint density at radius 3 is 2.32 bits per heavy atom. The maximum atomic E-state index is 12.4. The predicted molar refractivity (Wildman–Crippen MR) is 83.8 cm³/mol. The van der Waals surface area contributed by atoms with Crippen LogP contribution in [-0.2, 0) is 0 Å². The van der Waals surface area contributed by atoms with Crippen molar-refractivity contribution in [3.8, 4) is 17.1 Å². The second-order valence-corrected chi connectivity index (χ2v) is 5.39. The van der Waals surface area contributed by atoms with Gasteiger partial charge in [-0.2, -0.15) is 0 Å². The number of aromatic nitrogens is 2. The van der Waals surface area contributed by atoms with Crippen LogP contribution in [0.2, 0.25) is 0 Å². The summed E-state index contributed by atoms with van der Waals surface area (Å²) in [5.74, 6) is 0.604. The van der Waals surface area contributed by atoms with Gasteiger partial charge in [-0.15, -0.1) is 10.2 Å². The van der Waals surface area contributed by atoms with Crippen molar-refractivity contribution in [1.82, 2.24) is 15.1 Å². The fraction of sp³-hybridized carbons (Fsp3) is 0.353. The SMILES string of the molecule is COc1ccc(-c2ccc(C(=O)N3CCCCC3)cc2)nn1. The average molecular weight is 297 g/mol. The van der Waals surface area contributed by atoms with E-state index in [-0.39, 0.29) is 5.91 Å². The number of carbonyl (C=O) groups excluding carboxylic acids is 1. The van der Waals surface area contributed by atoms with Crippen molar-refractivity contribution >= 4 is 5.91 Å². The van der Waals surface area contributed by atoms with E-state index in [1.54, 1.807) is 13.2 Å². The Bertz CT molecular complexity index is 632. The number of rotatable bonds is 3. The summed E-state index contributed by atoms with van der Waals surface area (Å²) in [6.07, 6.45) is 3.43. The number of hydrogen-bond acceptors (Lipinski definition) is 4. The Balaban J connectivity index is 1.75. The number of methoxy groups -OCH3 is 1. The van der Waals surface area contributed by atoms with E-state index >= 15 is 0 Å². The highest BCUT2D eigenvalue weighted by Crippen LogP contribution is 2.20. The molecule has 1 amide bonds. The number of likely N-dealkylation sites (tertiary alicyclic amines) is 1. The van der Waals surface area contributed by atoms with Crippen LogP contribution in [0.5, 0.6) is 5.88 Å². The highest BCUT2D eigenvalue weighted by molar-refractivity contribution is 5.94. The van der Waals surface area contributed by atoms with Gasteiger partial charge in [-0.3, -0.25) is 4.79 Å². The van der Waals surface area contributed by atoms with Gasteiger partial charge in [0.05, 0.1) is 12.8 Å². The Labute approximate surface area is 129 Å². The molecule has 1 saturated heterocycles. The van der Waals surface area contributed by atoms with Gasteiger partial charge in [-0.25, -0.2) is 0 Å². The average Bonchev–Trinajstić information content (AvgIpc) is 2.62. The molecule has 1 aromatic heterocycles. The van der Waals surface area contributed by atoms with Gasteiger partial charge in [0.25, 0.3) is 5.91 Å². The Kier molecular flexibility index (Phi) is 4.32. The van der Waals surface area contributed by atoms with E-state index in [1.807, 2.05) is 35.2 Å². The molecule has 2 heterocycles. The third-order valence-electron chi connectivity index (χ3n) is 3.92. The van der Waals surface area contributed by atoms with Gasteiger partial charge in [0.2, 0.25) is 5.88 Å². The van der Waals surface area contributed by atoms with E-state index in [1.165, 1.54) is 6.42 Å². The number of carbonyl (C=O) groups is 1. The molecule has 0 radical (unpaired) electrons. The zero-order chi connectivity index (χ0) is 15.4. The Hall–Kier alpha value is -2.43. The Morgan fingerprint density at radius 1 is 1.00 bits per heavy atom. The molecule has 1 aromatic carbocycles. The van der Waals surface area contributed by atoms with Gasteiger partial charge >= 0.3 is 0 Å². The largest absolute Gasteiger partial charge is 0.480 e. The van der Waals surface area contributed by atoms with Crippen molar-refractivity contribution in [2.75, 3.05) is 20.2 Å². The molecule has 114 valence electrons. The summed E-state index contributed by atoms with van der Waals surface area (Å²) in [6.45, 7) is 1.73. The predicted octanol–water partition coefficient (Wildman–Crippen LogP) is 2.78. The van der Waals surface area contributed by atoms with Crippen LogP contribution in [0.15, 0.2) is 36.4 Å². The molecule has 2 aromatic rings. The normalized spacial score (nSPS) is 14.7.